The molecular formula is C47H51N2O6S2-. The van der Waals surface area contributed by atoms with E-state index in [0.717, 1.165) is 22.8 Å². The van der Waals surface area contributed by atoms with Crippen LogP contribution in [0.4, 0.5) is 11.4 Å². The maximum absolute atomic E-state index is 11.2. The van der Waals surface area contributed by atoms with Gasteiger partial charge in [0.2, 0.25) is 5.69 Å². The molecule has 298 valence electrons. The van der Waals surface area contributed by atoms with Crippen LogP contribution in [0.5, 0.6) is 0 Å². The minimum absolute atomic E-state index is 0.298. The standard InChI is InChI=1S/C47H52N2O6S2/c1-46(2)42(48(32-18-20-34-56(50,51)52)40-30-28-36-22-14-16-24-38(36)44(40)46)26-12-10-8-6-5-7-9-11-13-27-43-47(3,4)45-39-25-17-15-23-37(39)29-31-41(45)49(43)33-19-21-35-57(53,54)55/h5-17,22-31H,18-21,32-35H2,1-4H3,(H-,50,51,52,53,54,55)/p-1. The zero-order valence-electron chi connectivity index (χ0n) is 33.1. The lowest BCUT2D eigenvalue weighted by Gasteiger charge is -2.27. The Labute approximate surface area is 338 Å². The Morgan fingerprint density at radius 1 is 0.596 bits per heavy atom. The van der Waals surface area contributed by atoms with Gasteiger partial charge in [-0.05, 0) is 78.4 Å². The van der Waals surface area contributed by atoms with E-state index in [9.17, 15) is 25.9 Å². The van der Waals surface area contributed by atoms with Gasteiger partial charge >= 0.3 is 0 Å². The molecule has 0 spiro atoms. The van der Waals surface area contributed by atoms with Crippen LogP contribution < -0.4 is 4.90 Å². The highest BCUT2D eigenvalue weighted by Crippen LogP contribution is 2.51. The van der Waals surface area contributed by atoms with Gasteiger partial charge in [-0.2, -0.15) is 4.58 Å². The summed E-state index contributed by atoms with van der Waals surface area (Å²) in [6.45, 7) is 10.1. The van der Waals surface area contributed by atoms with E-state index >= 15 is 0 Å². The fraction of sp³-hybridized carbons (Fsp3) is 0.298. The second-order valence-corrected chi connectivity index (χ2v) is 18.7. The van der Waals surface area contributed by atoms with Gasteiger partial charge in [-0.3, -0.25) is 0 Å². The van der Waals surface area contributed by atoms with Gasteiger partial charge in [0.15, 0.2) is 5.71 Å². The number of unbranched alkanes of at least 4 members (excludes halogenated alkanes) is 2. The number of nitrogens with zero attached hydrogens (tertiary/aromatic N) is 2. The fourth-order valence-electron chi connectivity index (χ4n) is 8.39. The van der Waals surface area contributed by atoms with Crippen molar-refractivity contribution in [3.05, 3.63) is 156 Å². The average molecular weight is 804 g/mol. The van der Waals surface area contributed by atoms with E-state index in [-0.39, 0.29) is 22.3 Å². The van der Waals surface area contributed by atoms with Crippen LogP contribution in [0.25, 0.3) is 21.5 Å². The minimum atomic E-state index is -4.25. The number of benzene rings is 4. The normalized spacial score (nSPS) is 17.6. The van der Waals surface area contributed by atoms with Crippen molar-refractivity contribution in [3.63, 3.8) is 0 Å². The lowest BCUT2D eigenvalue weighted by Crippen LogP contribution is -2.28. The first kappa shape index (κ1) is 41.8. The number of fused-ring (bicyclic) bond motifs is 6. The molecule has 2 aliphatic rings. The van der Waals surface area contributed by atoms with Crippen molar-refractivity contribution in [3.8, 4) is 0 Å². The van der Waals surface area contributed by atoms with Crippen LogP contribution >= 0.6 is 0 Å². The summed E-state index contributed by atoms with van der Waals surface area (Å²) in [6, 6.07) is 25.2. The molecule has 10 heteroatoms. The lowest BCUT2D eigenvalue weighted by atomic mass is 9.79. The van der Waals surface area contributed by atoms with Crippen LogP contribution in [0.1, 0.15) is 64.5 Å². The SMILES string of the molecule is CC1(C)C(/C=C/C=C/C=C/C=C/C=C/C=C2/N(CCCCS(=O)(=O)[O-])c3ccc4ccccc4c3C2(C)C)=[N+](CCCCS(=O)(=O)[O-])c2ccc3ccccc3c21. The van der Waals surface area contributed by atoms with Crippen LogP contribution in [0.3, 0.4) is 0 Å². The Morgan fingerprint density at radius 2 is 1.12 bits per heavy atom. The third-order valence-corrected chi connectivity index (χ3v) is 12.5. The van der Waals surface area contributed by atoms with Gasteiger partial charge < -0.3 is 14.0 Å². The van der Waals surface area contributed by atoms with Crippen molar-refractivity contribution < 1.29 is 30.5 Å². The highest BCUT2D eigenvalue weighted by molar-refractivity contribution is 7.85. The molecule has 0 aliphatic carbocycles. The summed E-state index contributed by atoms with van der Waals surface area (Å²) < 4.78 is 69.7. The van der Waals surface area contributed by atoms with E-state index < -0.39 is 20.2 Å². The maximum Gasteiger partial charge on any atom is 0.210 e. The molecule has 6 rings (SSSR count). The number of hydrogen-bond acceptors (Lipinski definition) is 7. The molecule has 0 saturated carbocycles. The largest absolute Gasteiger partial charge is 0.748 e. The van der Waals surface area contributed by atoms with Crippen LogP contribution in [0.2, 0.25) is 0 Å². The molecule has 0 amide bonds. The summed E-state index contributed by atoms with van der Waals surface area (Å²) in [5, 5.41) is 4.73. The molecule has 2 heterocycles. The van der Waals surface area contributed by atoms with E-state index in [0.29, 0.717) is 38.8 Å². The Hall–Kier alpha value is -4.87. The van der Waals surface area contributed by atoms with E-state index in [4.69, 9.17) is 0 Å². The minimum Gasteiger partial charge on any atom is -0.748 e. The Balaban J connectivity index is 1.14. The predicted octanol–water partition coefficient (Wildman–Crippen LogP) is 9.48. The molecular weight excluding hydrogens is 753 g/mol. The van der Waals surface area contributed by atoms with Gasteiger partial charge in [0, 0.05) is 59.0 Å². The summed E-state index contributed by atoms with van der Waals surface area (Å²) in [6.07, 6.45) is 23.9. The van der Waals surface area contributed by atoms with Crippen molar-refractivity contribution in [1.82, 2.24) is 0 Å². The van der Waals surface area contributed by atoms with Crippen molar-refractivity contribution in [2.24, 2.45) is 0 Å². The van der Waals surface area contributed by atoms with Crippen LogP contribution in [0, 0.1) is 0 Å². The maximum atomic E-state index is 11.2. The highest BCUT2D eigenvalue weighted by atomic mass is 32.2. The Kier molecular flexibility index (Phi) is 12.7. The second-order valence-electron chi connectivity index (χ2n) is 15.7. The number of anilines is 1. The van der Waals surface area contributed by atoms with Gasteiger partial charge in [-0.25, -0.2) is 16.8 Å². The van der Waals surface area contributed by atoms with Crippen molar-refractivity contribution in [1.29, 1.82) is 0 Å². The highest BCUT2D eigenvalue weighted by Gasteiger charge is 2.45. The zero-order chi connectivity index (χ0) is 40.8. The van der Waals surface area contributed by atoms with Gasteiger partial charge in [0.1, 0.15) is 6.54 Å². The molecule has 0 fully saturated rings. The number of rotatable bonds is 16. The number of allylic oxidation sites excluding steroid dienone is 12. The third-order valence-electron chi connectivity index (χ3n) is 11.0. The molecule has 2 aliphatic heterocycles. The van der Waals surface area contributed by atoms with E-state index in [1.54, 1.807) is 0 Å². The summed E-state index contributed by atoms with van der Waals surface area (Å²) in [5.74, 6) is -0.717. The monoisotopic (exact) mass is 803 g/mol. The van der Waals surface area contributed by atoms with Crippen molar-refractivity contribution in [2.75, 3.05) is 29.5 Å². The molecule has 0 saturated heterocycles. The van der Waals surface area contributed by atoms with Gasteiger partial charge in [-0.15, -0.1) is 0 Å². The smallest absolute Gasteiger partial charge is 0.210 e. The molecule has 0 aromatic heterocycles. The number of hydrogen-bond donors (Lipinski definition) is 0. The third kappa shape index (κ3) is 9.64. The van der Waals surface area contributed by atoms with E-state index in [1.807, 2.05) is 66.8 Å². The average Bonchev–Trinajstić information content (AvgIpc) is 3.51. The first-order valence-corrected chi connectivity index (χ1v) is 22.6. The van der Waals surface area contributed by atoms with Gasteiger partial charge in [-0.1, -0.05) is 123 Å². The topological polar surface area (TPSA) is 121 Å². The second kappa shape index (κ2) is 17.3. The molecule has 0 bridgehead atoms. The molecule has 0 radical (unpaired) electrons. The summed E-state index contributed by atoms with van der Waals surface area (Å²) in [4.78, 5) is 2.26. The molecule has 4 aromatic rings. The van der Waals surface area contributed by atoms with Gasteiger partial charge in [0.05, 0.1) is 25.7 Å². The quantitative estimate of drug-likeness (QED) is 0.0479. The molecule has 0 N–H and O–H groups in total. The molecule has 57 heavy (non-hydrogen) atoms. The fourth-order valence-corrected chi connectivity index (χ4v) is 9.51. The van der Waals surface area contributed by atoms with Crippen molar-refractivity contribution in [2.45, 2.75) is 64.2 Å². The van der Waals surface area contributed by atoms with E-state index in [2.05, 4.69) is 110 Å². The van der Waals surface area contributed by atoms with Crippen LogP contribution in [-0.2, 0) is 31.1 Å². The van der Waals surface area contributed by atoms with Crippen LogP contribution in [-0.4, -0.2) is 60.8 Å². The molecule has 4 aromatic carbocycles. The van der Waals surface area contributed by atoms with Crippen LogP contribution in [0.15, 0.2) is 145 Å². The Morgan fingerprint density at radius 3 is 1.74 bits per heavy atom. The molecule has 8 nitrogen and oxygen atoms in total. The van der Waals surface area contributed by atoms with Crippen molar-refractivity contribution >= 4 is 58.9 Å². The summed E-state index contributed by atoms with van der Waals surface area (Å²) in [5.41, 5.74) is 6.33. The summed E-state index contributed by atoms with van der Waals surface area (Å²) in [7, 11) is -8.50. The first-order valence-electron chi connectivity index (χ1n) is 19.5. The first-order chi connectivity index (χ1) is 27.1. The Bertz CT molecular complexity index is 2590. The summed E-state index contributed by atoms with van der Waals surface area (Å²) >= 11 is 0. The van der Waals surface area contributed by atoms with E-state index in [1.165, 1.54) is 32.7 Å². The molecule has 0 atom stereocenters. The molecule has 0 unspecified atom stereocenters. The predicted molar refractivity (Wildman–Crippen MR) is 232 cm³/mol. The zero-order valence-corrected chi connectivity index (χ0v) is 34.7. The van der Waals surface area contributed by atoms with Gasteiger partial charge in [0.25, 0.3) is 0 Å². The lowest BCUT2D eigenvalue weighted by molar-refractivity contribution is -0.438.